The number of aromatic nitrogens is 1. The molecule has 0 saturated carbocycles. The molecule has 4 aromatic carbocycles. The second-order valence-corrected chi connectivity index (χ2v) is 11.4. The third kappa shape index (κ3) is 4.15. The molecule has 0 aliphatic heterocycles. The molecule has 0 bridgehead atoms. The highest BCUT2D eigenvalue weighted by Gasteiger charge is 2.41. The van der Waals surface area contributed by atoms with Crippen molar-refractivity contribution < 1.29 is 4.79 Å². The van der Waals surface area contributed by atoms with Crippen molar-refractivity contribution in [2.75, 3.05) is 5.32 Å². The van der Waals surface area contributed by atoms with Crippen LogP contribution in [0.4, 0.5) is 5.13 Å². The average molecular weight is 503 g/mol. The molecular weight excluding hydrogens is 472 g/mol. The Hall–Kier alpha value is -3.76. The molecule has 1 N–H and O–H groups in total. The summed E-state index contributed by atoms with van der Waals surface area (Å²) in [4.78, 5) is 18.8. The van der Waals surface area contributed by atoms with Gasteiger partial charge in [0.1, 0.15) is 0 Å². The van der Waals surface area contributed by atoms with Crippen LogP contribution in [-0.2, 0) is 17.6 Å². The lowest BCUT2D eigenvalue weighted by Crippen LogP contribution is -2.37. The first-order chi connectivity index (χ1) is 17.9. The van der Waals surface area contributed by atoms with Crippen molar-refractivity contribution in [2.45, 2.75) is 39.5 Å². The first kappa shape index (κ1) is 23.6. The molecule has 3 nitrogen and oxygen atoms in total. The van der Waals surface area contributed by atoms with E-state index in [-0.39, 0.29) is 11.8 Å². The maximum Gasteiger partial charge on any atom is 0.232 e. The van der Waals surface area contributed by atoms with Crippen LogP contribution in [-0.4, -0.2) is 10.9 Å². The Morgan fingerprint density at radius 2 is 1.43 bits per heavy atom. The number of aryl methyl sites for hydroxylation is 3. The van der Waals surface area contributed by atoms with Crippen molar-refractivity contribution in [1.29, 1.82) is 0 Å². The first-order valence-corrected chi connectivity index (χ1v) is 13.7. The fourth-order valence-corrected chi connectivity index (χ4v) is 6.52. The molecule has 0 spiro atoms. The summed E-state index contributed by atoms with van der Waals surface area (Å²) in [6.07, 6.45) is 1.98. The predicted octanol–water partition coefficient (Wildman–Crippen LogP) is 8.17. The van der Waals surface area contributed by atoms with Crippen molar-refractivity contribution in [3.05, 3.63) is 118 Å². The van der Waals surface area contributed by atoms with Crippen LogP contribution in [0.15, 0.2) is 90.3 Å². The van der Waals surface area contributed by atoms with Crippen LogP contribution in [0, 0.1) is 12.3 Å². The van der Waals surface area contributed by atoms with Gasteiger partial charge in [-0.05, 0) is 58.4 Å². The van der Waals surface area contributed by atoms with Crippen molar-refractivity contribution >= 4 is 33.1 Å². The van der Waals surface area contributed by atoms with Gasteiger partial charge >= 0.3 is 0 Å². The first-order valence-electron chi connectivity index (χ1n) is 12.8. The minimum Gasteiger partial charge on any atom is -0.301 e. The Kier molecular flexibility index (Phi) is 5.92. The predicted molar refractivity (Wildman–Crippen MR) is 154 cm³/mol. The number of amides is 1. The summed E-state index contributed by atoms with van der Waals surface area (Å²) in [7, 11) is 0. The number of fused-ring (bicyclic) bond motifs is 3. The normalized spacial score (nSPS) is 13.6. The molecule has 5 aromatic rings. The highest BCUT2D eigenvalue weighted by Crippen LogP contribution is 2.46. The molecule has 0 unspecified atom stereocenters. The lowest BCUT2D eigenvalue weighted by molar-refractivity contribution is -0.124. The van der Waals surface area contributed by atoms with E-state index in [1.165, 1.54) is 49.9 Å². The van der Waals surface area contributed by atoms with E-state index in [2.05, 4.69) is 111 Å². The summed E-state index contributed by atoms with van der Waals surface area (Å²) < 4.78 is 0. The summed E-state index contributed by atoms with van der Waals surface area (Å²) >= 11 is 1.48. The second kappa shape index (κ2) is 9.28. The van der Waals surface area contributed by atoms with Crippen molar-refractivity contribution in [3.8, 4) is 11.3 Å². The molecule has 1 amide bonds. The van der Waals surface area contributed by atoms with Crippen LogP contribution in [0.3, 0.4) is 0 Å². The molecule has 0 saturated heterocycles. The van der Waals surface area contributed by atoms with E-state index in [9.17, 15) is 4.79 Å². The zero-order valence-corrected chi connectivity index (χ0v) is 22.2. The maximum absolute atomic E-state index is 13.9. The Morgan fingerprint density at radius 1 is 0.838 bits per heavy atom. The largest absolute Gasteiger partial charge is 0.301 e. The number of hydrogen-bond acceptors (Lipinski definition) is 3. The van der Waals surface area contributed by atoms with Crippen molar-refractivity contribution in [3.63, 3.8) is 0 Å². The van der Waals surface area contributed by atoms with E-state index < -0.39 is 5.41 Å². The van der Waals surface area contributed by atoms with Crippen LogP contribution >= 0.6 is 11.3 Å². The number of thiazole rings is 1. The van der Waals surface area contributed by atoms with Crippen LogP contribution in [0.5, 0.6) is 0 Å². The lowest BCUT2D eigenvalue weighted by atomic mass is 9.69. The highest BCUT2D eigenvalue weighted by molar-refractivity contribution is 7.14. The Bertz CT molecular complexity index is 1580. The quantitative estimate of drug-likeness (QED) is 0.269. The minimum absolute atomic E-state index is 0.0151. The van der Waals surface area contributed by atoms with Gasteiger partial charge in [-0.3, -0.25) is 4.79 Å². The second-order valence-electron chi connectivity index (χ2n) is 10.5. The summed E-state index contributed by atoms with van der Waals surface area (Å²) in [6, 6.07) is 29.9. The monoisotopic (exact) mass is 502 g/mol. The Balaban J connectivity index is 1.34. The maximum atomic E-state index is 13.9. The topological polar surface area (TPSA) is 42.0 Å². The SMILES string of the molecule is Cc1ccc(-c2csc(NC(=O)C(C)(C)C3c4ccccc4CCc4ccccc43)n2)c2ccccc12. The third-order valence-electron chi connectivity index (χ3n) is 7.85. The zero-order valence-electron chi connectivity index (χ0n) is 21.4. The highest BCUT2D eigenvalue weighted by atomic mass is 32.1. The van der Waals surface area contributed by atoms with Gasteiger partial charge in [0.2, 0.25) is 5.91 Å². The molecule has 0 fully saturated rings. The summed E-state index contributed by atoms with van der Waals surface area (Å²) in [5, 5.41) is 8.26. The molecule has 37 heavy (non-hydrogen) atoms. The Labute approximate surface area is 222 Å². The number of carbonyl (C=O) groups is 1. The number of rotatable bonds is 4. The number of benzene rings is 4. The molecule has 1 aliphatic rings. The van der Waals surface area contributed by atoms with E-state index in [4.69, 9.17) is 4.98 Å². The van der Waals surface area contributed by atoms with Crippen molar-refractivity contribution in [2.24, 2.45) is 5.41 Å². The molecular formula is C33H30N2OS. The van der Waals surface area contributed by atoms with Gasteiger partial charge in [-0.2, -0.15) is 0 Å². The van der Waals surface area contributed by atoms with Gasteiger partial charge in [-0.1, -0.05) is 98.8 Å². The fourth-order valence-electron chi connectivity index (χ4n) is 5.82. The van der Waals surface area contributed by atoms with E-state index >= 15 is 0 Å². The summed E-state index contributed by atoms with van der Waals surface area (Å²) in [5.41, 5.74) is 7.69. The van der Waals surface area contributed by atoms with Crippen LogP contribution < -0.4 is 5.32 Å². The number of anilines is 1. The van der Waals surface area contributed by atoms with Gasteiger partial charge in [0.25, 0.3) is 0 Å². The molecule has 0 radical (unpaired) electrons. The van der Waals surface area contributed by atoms with Crippen molar-refractivity contribution in [1.82, 2.24) is 4.98 Å². The number of carbonyl (C=O) groups excluding carboxylic acids is 1. The van der Waals surface area contributed by atoms with Gasteiger partial charge < -0.3 is 5.32 Å². The minimum atomic E-state index is -0.682. The van der Waals surface area contributed by atoms with Gasteiger partial charge in [0.05, 0.1) is 11.1 Å². The average Bonchev–Trinajstić information content (AvgIpc) is 3.29. The fraction of sp³-hybridized carbons (Fsp3) is 0.212. The van der Waals surface area contributed by atoms with E-state index in [1.54, 1.807) is 0 Å². The van der Waals surface area contributed by atoms with Crippen LogP contribution in [0.25, 0.3) is 22.0 Å². The van der Waals surface area contributed by atoms with Gasteiger partial charge in [-0.15, -0.1) is 11.3 Å². The van der Waals surface area contributed by atoms with Gasteiger partial charge in [0, 0.05) is 16.9 Å². The molecule has 6 rings (SSSR count). The number of nitrogens with one attached hydrogen (secondary N) is 1. The molecule has 1 aromatic heterocycles. The summed E-state index contributed by atoms with van der Waals surface area (Å²) in [6.45, 7) is 6.26. The number of hydrogen-bond donors (Lipinski definition) is 1. The number of nitrogens with zero attached hydrogens (tertiary/aromatic N) is 1. The van der Waals surface area contributed by atoms with E-state index in [0.717, 1.165) is 24.1 Å². The molecule has 1 heterocycles. The summed E-state index contributed by atoms with van der Waals surface area (Å²) in [5.74, 6) is -0.0541. The van der Waals surface area contributed by atoms with Gasteiger partial charge in [-0.25, -0.2) is 4.98 Å². The molecule has 4 heteroatoms. The molecule has 0 atom stereocenters. The smallest absolute Gasteiger partial charge is 0.232 e. The van der Waals surface area contributed by atoms with Gasteiger partial charge in [0.15, 0.2) is 5.13 Å². The van der Waals surface area contributed by atoms with Crippen LogP contribution in [0.2, 0.25) is 0 Å². The third-order valence-corrected chi connectivity index (χ3v) is 8.60. The molecule has 1 aliphatic carbocycles. The lowest BCUT2D eigenvalue weighted by Gasteiger charge is -2.34. The van der Waals surface area contributed by atoms with E-state index in [0.29, 0.717) is 5.13 Å². The molecule has 184 valence electrons. The Morgan fingerprint density at radius 3 is 2.11 bits per heavy atom. The van der Waals surface area contributed by atoms with Crippen LogP contribution in [0.1, 0.15) is 47.6 Å². The standard InChI is InChI=1S/C33H30N2OS/c1-21-16-19-28(27-15-9-8-12-24(21)27)29-20-37-32(34-29)35-31(36)33(2,3)30-25-13-6-4-10-22(25)17-18-23-11-5-7-14-26(23)30/h4-16,19-20,30H,17-18H2,1-3H3,(H,34,35,36). The zero-order chi connectivity index (χ0) is 25.6. The van der Waals surface area contributed by atoms with E-state index in [1.807, 2.05) is 5.38 Å².